The van der Waals surface area contributed by atoms with Gasteiger partial charge in [-0.1, -0.05) is 12.1 Å². The molecule has 3 aliphatic rings. The van der Waals surface area contributed by atoms with Gasteiger partial charge in [0.05, 0.1) is 7.11 Å². The van der Waals surface area contributed by atoms with Crippen LogP contribution >= 0.6 is 0 Å². The zero-order valence-corrected chi connectivity index (χ0v) is 18.5. The van der Waals surface area contributed by atoms with E-state index in [9.17, 15) is 9.59 Å². The average molecular weight is 453 g/mol. The van der Waals surface area contributed by atoms with E-state index >= 15 is 0 Å². The highest BCUT2D eigenvalue weighted by Crippen LogP contribution is 2.32. The number of carbonyl (C=O) groups excluding carboxylic acids is 2. The minimum absolute atomic E-state index is 0.0358. The van der Waals surface area contributed by atoms with Gasteiger partial charge in [-0.15, -0.1) is 0 Å². The lowest BCUT2D eigenvalue weighted by molar-refractivity contribution is -0.134. The second-order valence-corrected chi connectivity index (χ2v) is 8.54. The monoisotopic (exact) mass is 452 g/mol. The molecule has 2 aromatic carbocycles. The zero-order chi connectivity index (χ0) is 22.8. The quantitative estimate of drug-likeness (QED) is 0.635. The number of piperidine rings is 1. The van der Waals surface area contributed by atoms with Gasteiger partial charge in [-0.25, -0.2) is 10.9 Å². The van der Waals surface area contributed by atoms with Crippen LogP contribution in [0.5, 0.6) is 17.2 Å². The van der Waals surface area contributed by atoms with Crippen LogP contribution in [0.2, 0.25) is 0 Å². The van der Waals surface area contributed by atoms with Crippen LogP contribution in [0.4, 0.5) is 0 Å². The highest BCUT2D eigenvalue weighted by Gasteiger charge is 2.34. The van der Waals surface area contributed by atoms with E-state index in [4.69, 9.17) is 14.2 Å². The first-order valence-electron chi connectivity index (χ1n) is 11.2. The topological polar surface area (TPSA) is 101 Å². The van der Waals surface area contributed by atoms with E-state index < -0.39 is 0 Å². The van der Waals surface area contributed by atoms with E-state index in [1.165, 1.54) is 0 Å². The van der Waals surface area contributed by atoms with Gasteiger partial charge in [-0.3, -0.25) is 9.59 Å². The maximum absolute atomic E-state index is 13.0. The molecule has 9 heteroatoms. The molecular formula is C24H28N4O5. The van der Waals surface area contributed by atoms with Gasteiger partial charge in [0.2, 0.25) is 12.7 Å². The summed E-state index contributed by atoms with van der Waals surface area (Å²) in [4.78, 5) is 27.5. The number of nitrogens with zero attached hydrogens (tertiary/aromatic N) is 1. The summed E-state index contributed by atoms with van der Waals surface area (Å²) in [5, 5.41) is 3.08. The molecule has 2 aromatic rings. The molecule has 33 heavy (non-hydrogen) atoms. The summed E-state index contributed by atoms with van der Waals surface area (Å²) in [5.41, 5.74) is 8.05. The van der Waals surface area contributed by atoms with Crippen molar-refractivity contribution in [3.63, 3.8) is 0 Å². The summed E-state index contributed by atoms with van der Waals surface area (Å²) in [5.74, 6) is 2.02. The van der Waals surface area contributed by atoms with Crippen molar-refractivity contribution < 1.29 is 23.8 Å². The number of fused-ring (bicyclic) bond motifs is 1. The Morgan fingerprint density at radius 3 is 2.55 bits per heavy atom. The molecule has 9 nitrogen and oxygen atoms in total. The van der Waals surface area contributed by atoms with Gasteiger partial charge >= 0.3 is 0 Å². The number of carbonyl (C=O) groups is 2. The van der Waals surface area contributed by atoms with Crippen LogP contribution in [-0.2, 0) is 4.79 Å². The molecule has 0 bridgehead atoms. The van der Waals surface area contributed by atoms with Gasteiger partial charge in [0.15, 0.2) is 11.5 Å². The van der Waals surface area contributed by atoms with Crippen molar-refractivity contribution in [2.75, 3.05) is 27.0 Å². The maximum atomic E-state index is 13.0. The molecule has 2 unspecified atom stereocenters. The molecule has 5 rings (SSSR count). The Morgan fingerprint density at radius 2 is 1.79 bits per heavy atom. The van der Waals surface area contributed by atoms with Gasteiger partial charge in [0.25, 0.3) is 5.91 Å². The second kappa shape index (κ2) is 9.29. The predicted molar refractivity (Wildman–Crippen MR) is 120 cm³/mol. The van der Waals surface area contributed by atoms with Gasteiger partial charge in [0.1, 0.15) is 11.8 Å². The van der Waals surface area contributed by atoms with E-state index in [-0.39, 0.29) is 36.7 Å². The zero-order valence-electron chi connectivity index (χ0n) is 18.5. The molecule has 3 N–H and O–H groups in total. The van der Waals surface area contributed by atoms with E-state index in [0.29, 0.717) is 36.6 Å². The van der Waals surface area contributed by atoms with Crippen molar-refractivity contribution in [1.29, 1.82) is 0 Å². The van der Waals surface area contributed by atoms with Crippen molar-refractivity contribution in [2.45, 2.75) is 37.4 Å². The number of amides is 2. The number of hydrogen-bond acceptors (Lipinski definition) is 7. The summed E-state index contributed by atoms with van der Waals surface area (Å²) in [6.45, 7) is 1.42. The third kappa shape index (κ3) is 4.60. The number of nitrogens with one attached hydrogen (secondary N) is 3. The molecule has 0 aliphatic carbocycles. The standard InChI is InChI=1S/C24H28N4O5/c1-31-18-5-2-15(3-6-18)19-13-20(27-26-19)24(30)28-10-8-17(9-11-28)25-23(29)16-4-7-21-22(12-16)33-14-32-21/h2-7,12,17,19-20,26-27H,8-11,13-14H2,1H3,(H,25,29). The number of hydrogen-bond donors (Lipinski definition) is 3. The van der Waals surface area contributed by atoms with Crippen LogP contribution < -0.4 is 30.4 Å². The summed E-state index contributed by atoms with van der Waals surface area (Å²) in [6, 6.07) is 12.9. The first kappa shape index (κ1) is 21.5. The molecule has 3 aliphatic heterocycles. The molecular weight excluding hydrogens is 424 g/mol. The predicted octanol–water partition coefficient (Wildman–Crippen LogP) is 1.75. The molecule has 2 atom stereocenters. The van der Waals surface area contributed by atoms with Crippen LogP contribution in [0.3, 0.4) is 0 Å². The molecule has 0 aromatic heterocycles. The summed E-state index contributed by atoms with van der Waals surface area (Å²) < 4.78 is 15.9. The van der Waals surface area contributed by atoms with Crippen LogP contribution in [0, 0.1) is 0 Å². The van der Waals surface area contributed by atoms with Gasteiger partial charge in [-0.05, 0) is 55.2 Å². The van der Waals surface area contributed by atoms with Crippen molar-refractivity contribution >= 4 is 11.8 Å². The molecule has 2 saturated heterocycles. The Bertz CT molecular complexity index is 1020. The molecule has 3 heterocycles. The fourth-order valence-corrected chi connectivity index (χ4v) is 4.54. The second-order valence-electron chi connectivity index (χ2n) is 8.54. The minimum atomic E-state index is -0.267. The third-order valence-electron chi connectivity index (χ3n) is 6.50. The van der Waals surface area contributed by atoms with E-state index in [1.807, 2.05) is 29.2 Å². The number of likely N-dealkylation sites (tertiary alicyclic amines) is 1. The number of rotatable bonds is 5. The molecule has 0 radical (unpaired) electrons. The summed E-state index contributed by atoms with van der Waals surface area (Å²) in [6.07, 6.45) is 2.14. The normalized spacial score (nSPS) is 22.3. The van der Waals surface area contributed by atoms with Crippen molar-refractivity contribution in [2.24, 2.45) is 0 Å². The lowest BCUT2D eigenvalue weighted by Gasteiger charge is -2.33. The molecule has 2 fully saturated rings. The molecule has 174 valence electrons. The lowest BCUT2D eigenvalue weighted by Crippen LogP contribution is -2.51. The lowest BCUT2D eigenvalue weighted by atomic mass is 9.99. The van der Waals surface area contributed by atoms with Crippen molar-refractivity contribution in [3.8, 4) is 17.2 Å². The van der Waals surface area contributed by atoms with Gasteiger partial charge in [-0.2, -0.15) is 0 Å². The third-order valence-corrected chi connectivity index (χ3v) is 6.50. The Morgan fingerprint density at radius 1 is 1.03 bits per heavy atom. The fraction of sp³-hybridized carbons (Fsp3) is 0.417. The highest BCUT2D eigenvalue weighted by atomic mass is 16.7. The van der Waals surface area contributed by atoms with E-state index in [1.54, 1.807) is 25.3 Å². The van der Waals surface area contributed by atoms with Crippen LogP contribution in [-0.4, -0.2) is 55.8 Å². The Kier molecular flexibility index (Phi) is 6.06. The van der Waals surface area contributed by atoms with Gasteiger partial charge < -0.3 is 24.4 Å². The van der Waals surface area contributed by atoms with E-state index in [2.05, 4.69) is 16.2 Å². The van der Waals surface area contributed by atoms with Crippen LogP contribution in [0.25, 0.3) is 0 Å². The molecule has 0 saturated carbocycles. The van der Waals surface area contributed by atoms with Crippen molar-refractivity contribution in [3.05, 3.63) is 53.6 Å². The first-order chi connectivity index (χ1) is 16.1. The van der Waals surface area contributed by atoms with Crippen LogP contribution in [0.1, 0.15) is 41.2 Å². The Balaban J connectivity index is 1.10. The fourth-order valence-electron chi connectivity index (χ4n) is 4.54. The maximum Gasteiger partial charge on any atom is 0.251 e. The van der Waals surface area contributed by atoms with Crippen molar-refractivity contribution in [1.82, 2.24) is 21.1 Å². The Labute approximate surface area is 192 Å². The summed E-state index contributed by atoms with van der Waals surface area (Å²) in [7, 11) is 1.64. The average Bonchev–Trinajstić information content (AvgIpc) is 3.53. The number of ether oxygens (including phenoxy) is 3. The first-order valence-corrected chi connectivity index (χ1v) is 11.2. The molecule has 2 amide bonds. The highest BCUT2D eigenvalue weighted by molar-refractivity contribution is 5.95. The smallest absolute Gasteiger partial charge is 0.251 e. The summed E-state index contributed by atoms with van der Waals surface area (Å²) >= 11 is 0. The van der Waals surface area contributed by atoms with E-state index in [0.717, 1.165) is 24.2 Å². The largest absolute Gasteiger partial charge is 0.497 e. The van der Waals surface area contributed by atoms with Gasteiger partial charge in [0, 0.05) is 30.7 Å². The molecule has 0 spiro atoms. The number of benzene rings is 2. The Hall–Kier alpha value is -3.30. The number of hydrazine groups is 1. The SMILES string of the molecule is COc1ccc(C2CC(C(=O)N3CCC(NC(=O)c4ccc5c(c4)OCO5)CC3)NN2)cc1. The number of methoxy groups -OCH3 is 1. The minimum Gasteiger partial charge on any atom is -0.497 e. The van der Waals surface area contributed by atoms with Crippen LogP contribution in [0.15, 0.2) is 42.5 Å².